The third-order valence-electron chi connectivity index (χ3n) is 5.88. The van der Waals surface area contributed by atoms with Crippen LogP contribution >= 0.6 is 0 Å². The Bertz CT molecular complexity index is 1150. The summed E-state index contributed by atoms with van der Waals surface area (Å²) in [4.78, 5) is 0. The van der Waals surface area contributed by atoms with Crippen LogP contribution in [-0.4, -0.2) is 105 Å². The minimum absolute atomic E-state index is 7.43. The van der Waals surface area contributed by atoms with Gasteiger partial charge in [-0.15, -0.1) is 0 Å². The number of hydrogen-bond acceptors (Lipinski definition) is 2. The van der Waals surface area contributed by atoms with E-state index >= 15 is 0 Å². The van der Waals surface area contributed by atoms with Crippen LogP contribution in [0.3, 0.4) is 0 Å². The van der Waals surface area contributed by atoms with Gasteiger partial charge in [0.25, 0.3) is 0 Å². The first-order valence-corrected chi connectivity index (χ1v) is 10.2. The van der Waals surface area contributed by atoms with Gasteiger partial charge in [-0.3, -0.25) is 0 Å². The van der Waals surface area contributed by atoms with E-state index in [0.29, 0.717) is 0 Å². The Hall–Kier alpha value is -2.32. The van der Waals surface area contributed by atoms with Gasteiger partial charge in [-0.2, -0.15) is 140 Å². The molecule has 302 valence electrons. The van der Waals surface area contributed by atoms with Crippen molar-refractivity contribution in [3.63, 3.8) is 0 Å². The first kappa shape index (κ1) is 47.7. The summed E-state index contributed by atoms with van der Waals surface area (Å²) in [5.41, 5.74) is 0. The fourth-order valence-corrected chi connectivity index (χ4v) is 2.74. The van der Waals surface area contributed by atoms with Crippen molar-refractivity contribution in [1.82, 2.24) is 0 Å². The van der Waals surface area contributed by atoms with Gasteiger partial charge in [0.2, 0.25) is 0 Å². The Morgan fingerprint density at radius 2 is 0.200 bits per heavy atom. The van der Waals surface area contributed by atoms with E-state index < -0.39 is 95.1 Å². The molecule has 0 bridgehead atoms. The Kier molecular flexibility index (Phi) is 10.6. The highest BCUT2D eigenvalue weighted by Crippen LogP contribution is 2.69. The quantitative estimate of drug-likeness (QED) is 0.162. The SMILES string of the molecule is OC(F)(F)C(F)(F)C(F)(F)C(F)(F)C(F)(F)C(F)(F)C(F)(F)C(F)(F)C(F)(F)C(F)(F)C(F)(F)C(F)(F)C(F)(F)C(F)(F)C(F)(F)C(O)(F)F. The van der Waals surface area contributed by atoms with Crippen molar-refractivity contribution in [3.05, 3.63) is 0 Å². The fraction of sp³-hybridized carbons (Fsp3) is 1.00. The summed E-state index contributed by atoms with van der Waals surface area (Å²) in [7, 11) is 0. The highest BCUT2D eigenvalue weighted by molar-refractivity contribution is 5.21. The number of rotatable bonds is 15. The maximum absolute atomic E-state index is 13.7. The molecule has 50 heavy (non-hydrogen) atoms. The maximum Gasteiger partial charge on any atom is 0.423 e. The number of hydrogen-bond donors (Lipinski definition) is 2. The zero-order valence-corrected chi connectivity index (χ0v) is 21.0. The number of halogens is 32. The second-order valence-electron chi connectivity index (χ2n) is 9.12. The first-order chi connectivity index (χ1) is 20.8. The molecule has 0 saturated carbocycles. The van der Waals surface area contributed by atoms with Crippen LogP contribution in [0.25, 0.3) is 0 Å². The fourth-order valence-electron chi connectivity index (χ4n) is 2.74. The van der Waals surface area contributed by atoms with Gasteiger partial charge >= 0.3 is 95.1 Å². The molecule has 0 aliphatic heterocycles. The largest absolute Gasteiger partial charge is 0.423 e. The lowest BCUT2D eigenvalue weighted by molar-refractivity contribution is -0.495. The van der Waals surface area contributed by atoms with Crippen LogP contribution in [0.1, 0.15) is 0 Å². The van der Waals surface area contributed by atoms with Crippen LogP contribution < -0.4 is 0 Å². The van der Waals surface area contributed by atoms with Gasteiger partial charge in [0, 0.05) is 0 Å². The molecule has 0 aromatic carbocycles. The lowest BCUT2D eigenvalue weighted by Crippen LogP contribution is -2.80. The molecular weight excluding hydrogens is 832 g/mol. The van der Waals surface area contributed by atoms with Gasteiger partial charge in [0.15, 0.2) is 0 Å². The molecular formula is C16H2F32O2. The van der Waals surface area contributed by atoms with Crippen molar-refractivity contribution in [2.45, 2.75) is 95.1 Å². The summed E-state index contributed by atoms with van der Waals surface area (Å²) in [6.45, 7) is 0. The Labute approximate surface area is 247 Å². The highest BCUT2D eigenvalue weighted by Gasteiger charge is 3.01. The smallest absolute Gasteiger partial charge is 0.331 e. The van der Waals surface area contributed by atoms with Crippen LogP contribution in [-0.2, 0) is 0 Å². The third kappa shape index (κ3) is 5.18. The monoisotopic (exact) mass is 834 g/mol. The van der Waals surface area contributed by atoms with E-state index in [2.05, 4.69) is 0 Å². The maximum atomic E-state index is 13.7. The van der Waals surface area contributed by atoms with Crippen molar-refractivity contribution in [3.8, 4) is 0 Å². The molecule has 0 spiro atoms. The second kappa shape index (κ2) is 11.1. The van der Waals surface area contributed by atoms with Gasteiger partial charge in [0.1, 0.15) is 0 Å². The van der Waals surface area contributed by atoms with Gasteiger partial charge in [-0.1, -0.05) is 0 Å². The van der Waals surface area contributed by atoms with E-state index in [9.17, 15) is 140 Å². The number of aliphatic hydroxyl groups is 2. The van der Waals surface area contributed by atoms with E-state index in [0.717, 1.165) is 0 Å². The van der Waals surface area contributed by atoms with E-state index in [1.807, 2.05) is 0 Å². The summed E-state index contributed by atoms with van der Waals surface area (Å²) in [5, 5.41) is 14.9. The molecule has 0 fully saturated rings. The molecule has 0 aliphatic rings. The normalized spacial score (nSPS) is 17.4. The lowest BCUT2D eigenvalue weighted by atomic mass is 9.83. The van der Waals surface area contributed by atoms with Crippen LogP contribution in [0.15, 0.2) is 0 Å². The zero-order chi connectivity index (χ0) is 42.0. The zero-order valence-electron chi connectivity index (χ0n) is 21.0. The van der Waals surface area contributed by atoms with E-state index in [4.69, 9.17) is 10.2 Å². The van der Waals surface area contributed by atoms with Crippen molar-refractivity contribution < 1.29 is 151 Å². The molecule has 0 aromatic heterocycles. The molecule has 0 aliphatic carbocycles. The van der Waals surface area contributed by atoms with Crippen LogP contribution in [0.2, 0.25) is 0 Å². The Morgan fingerprint density at radius 1 is 0.140 bits per heavy atom. The minimum Gasteiger partial charge on any atom is -0.331 e. The van der Waals surface area contributed by atoms with E-state index in [-0.39, 0.29) is 0 Å². The second-order valence-corrected chi connectivity index (χ2v) is 9.12. The van der Waals surface area contributed by atoms with Crippen molar-refractivity contribution in [2.24, 2.45) is 0 Å². The molecule has 0 amide bonds. The topological polar surface area (TPSA) is 40.5 Å². The first-order valence-electron chi connectivity index (χ1n) is 10.2. The standard InChI is InChI=1S/C16H2F32O2/c17-1(18,3(21,22)5(25,26)7(29,30)9(33,34)11(37,38)13(41,42)15(45,46)49)2(19,20)4(23,24)6(27,28)8(31,32)10(35,36)12(39,40)14(43,44)16(47,48)50/h49-50H. The van der Waals surface area contributed by atoms with Gasteiger partial charge in [-0.05, 0) is 0 Å². The molecule has 0 radical (unpaired) electrons. The van der Waals surface area contributed by atoms with E-state index in [1.165, 1.54) is 0 Å². The summed E-state index contributed by atoms with van der Waals surface area (Å²) >= 11 is 0. The van der Waals surface area contributed by atoms with Crippen LogP contribution in [0.4, 0.5) is 140 Å². The predicted molar refractivity (Wildman–Crippen MR) is 83.6 cm³/mol. The van der Waals surface area contributed by atoms with Crippen molar-refractivity contribution in [2.75, 3.05) is 0 Å². The number of alkyl halides is 32. The third-order valence-corrected chi connectivity index (χ3v) is 5.88. The average Bonchev–Trinajstić information content (AvgIpc) is 2.85. The van der Waals surface area contributed by atoms with Crippen LogP contribution in [0.5, 0.6) is 0 Å². The summed E-state index contributed by atoms with van der Waals surface area (Å²) < 4.78 is 425. The molecule has 2 nitrogen and oxygen atoms in total. The molecule has 2 N–H and O–H groups in total. The molecule has 0 heterocycles. The summed E-state index contributed by atoms with van der Waals surface area (Å²) in [6.07, 6.45) is -15.8. The summed E-state index contributed by atoms with van der Waals surface area (Å²) in [6, 6.07) is 0. The van der Waals surface area contributed by atoms with Gasteiger partial charge in [-0.25, -0.2) is 0 Å². The Balaban J connectivity index is 7.70. The average molecular weight is 834 g/mol. The lowest BCUT2D eigenvalue weighted by Gasteiger charge is -2.46. The minimum atomic E-state index is -10.2. The summed E-state index contributed by atoms with van der Waals surface area (Å²) in [5.74, 6) is -136. The molecule has 0 saturated heterocycles. The van der Waals surface area contributed by atoms with Crippen molar-refractivity contribution in [1.29, 1.82) is 0 Å². The van der Waals surface area contributed by atoms with Crippen LogP contribution in [0, 0.1) is 0 Å². The predicted octanol–water partition coefficient (Wildman–Crippen LogP) is 9.05. The molecule has 0 aromatic rings. The van der Waals surface area contributed by atoms with E-state index in [1.54, 1.807) is 0 Å². The van der Waals surface area contributed by atoms with Crippen molar-refractivity contribution >= 4 is 0 Å². The Morgan fingerprint density at radius 3 is 0.260 bits per heavy atom. The van der Waals surface area contributed by atoms with Gasteiger partial charge < -0.3 is 10.2 Å². The van der Waals surface area contributed by atoms with Gasteiger partial charge in [0.05, 0.1) is 0 Å². The molecule has 0 unspecified atom stereocenters. The highest BCUT2D eigenvalue weighted by atomic mass is 19.4. The molecule has 34 heteroatoms. The molecule has 0 atom stereocenters. The molecule has 0 rings (SSSR count).